The number of fused-ring (bicyclic) bond motifs is 1. The van der Waals surface area contributed by atoms with Crippen LogP contribution in [0.3, 0.4) is 0 Å². The van der Waals surface area contributed by atoms with E-state index in [9.17, 15) is 4.79 Å². The van der Waals surface area contributed by atoms with Crippen LogP contribution in [-0.4, -0.2) is 31.8 Å². The highest BCUT2D eigenvalue weighted by molar-refractivity contribution is 9.10. The highest BCUT2D eigenvalue weighted by Crippen LogP contribution is 2.37. The summed E-state index contributed by atoms with van der Waals surface area (Å²) in [7, 11) is 0. The van der Waals surface area contributed by atoms with E-state index in [0.717, 1.165) is 22.3 Å². The summed E-state index contributed by atoms with van der Waals surface area (Å²) in [6.45, 7) is 3.80. The third kappa shape index (κ3) is 2.49. The smallest absolute Gasteiger partial charge is 0.232 e. The molecule has 3 rings (SSSR count). The van der Waals surface area contributed by atoms with Crippen molar-refractivity contribution >= 4 is 27.5 Å². The Labute approximate surface area is 120 Å². The number of hydrogen-bond donors (Lipinski definition) is 0. The summed E-state index contributed by atoms with van der Waals surface area (Å²) in [5.74, 6) is 0.901. The van der Waals surface area contributed by atoms with Gasteiger partial charge >= 0.3 is 0 Å². The van der Waals surface area contributed by atoms with Crippen LogP contribution in [-0.2, 0) is 9.53 Å². The second kappa shape index (κ2) is 5.13. The summed E-state index contributed by atoms with van der Waals surface area (Å²) in [6.07, 6.45) is 0.827. The zero-order chi connectivity index (χ0) is 13.4. The predicted octanol–water partition coefficient (Wildman–Crippen LogP) is 2.60. The molecule has 102 valence electrons. The summed E-state index contributed by atoms with van der Waals surface area (Å²) >= 11 is 3.45. The van der Waals surface area contributed by atoms with Gasteiger partial charge in [0.15, 0.2) is 0 Å². The number of hydrogen-bond acceptors (Lipinski definition) is 3. The average molecular weight is 326 g/mol. The van der Waals surface area contributed by atoms with Crippen molar-refractivity contribution < 1.29 is 14.3 Å². The largest absolute Gasteiger partial charge is 0.487 e. The van der Waals surface area contributed by atoms with Crippen molar-refractivity contribution in [1.29, 1.82) is 0 Å². The van der Waals surface area contributed by atoms with Crippen LogP contribution >= 0.6 is 15.9 Å². The molecule has 1 fully saturated rings. The van der Waals surface area contributed by atoms with E-state index < -0.39 is 0 Å². The normalized spacial score (nSPS) is 25.9. The standard InChI is InChI=1S/C14H16BrNO3/c1-9-7-16(14(17)10-4-5-18-8-10)12-6-11(15)2-3-13(12)19-9/h2-3,6,9-10H,4-5,7-8H2,1H3. The molecule has 2 unspecified atom stereocenters. The Morgan fingerprint density at radius 2 is 2.32 bits per heavy atom. The minimum absolute atomic E-state index is 0.0138. The molecule has 1 aromatic carbocycles. The molecule has 1 saturated heterocycles. The van der Waals surface area contributed by atoms with Gasteiger partial charge in [0.25, 0.3) is 0 Å². The maximum Gasteiger partial charge on any atom is 0.232 e. The van der Waals surface area contributed by atoms with Gasteiger partial charge in [-0.15, -0.1) is 0 Å². The lowest BCUT2D eigenvalue weighted by atomic mass is 10.1. The Kier molecular flexibility index (Phi) is 3.50. The number of benzene rings is 1. The van der Waals surface area contributed by atoms with Crippen molar-refractivity contribution in [2.45, 2.75) is 19.4 Å². The van der Waals surface area contributed by atoms with E-state index in [2.05, 4.69) is 15.9 Å². The van der Waals surface area contributed by atoms with Crippen molar-refractivity contribution in [2.75, 3.05) is 24.7 Å². The number of carbonyl (C=O) groups excluding carboxylic acids is 1. The van der Waals surface area contributed by atoms with Crippen LogP contribution in [0.15, 0.2) is 22.7 Å². The number of amides is 1. The fourth-order valence-electron chi connectivity index (χ4n) is 2.57. The molecule has 0 aromatic heterocycles. The summed E-state index contributed by atoms with van der Waals surface area (Å²) in [4.78, 5) is 14.4. The van der Waals surface area contributed by atoms with Crippen LogP contribution in [0, 0.1) is 5.92 Å². The number of nitrogens with zero attached hydrogens (tertiary/aromatic N) is 1. The monoisotopic (exact) mass is 325 g/mol. The molecule has 2 aliphatic heterocycles. The highest BCUT2D eigenvalue weighted by Gasteiger charge is 2.33. The zero-order valence-corrected chi connectivity index (χ0v) is 12.4. The van der Waals surface area contributed by atoms with Crippen molar-refractivity contribution in [3.05, 3.63) is 22.7 Å². The van der Waals surface area contributed by atoms with Gasteiger partial charge < -0.3 is 14.4 Å². The average Bonchev–Trinajstić information content (AvgIpc) is 2.91. The maximum absolute atomic E-state index is 12.6. The molecule has 0 bridgehead atoms. The predicted molar refractivity (Wildman–Crippen MR) is 75.5 cm³/mol. The Balaban J connectivity index is 1.93. The fourth-order valence-corrected chi connectivity index (χ4v) is 2.92. The molecule has 2 atom stereocenters. The molecule has 0 saturated carbocycles. The lowest BCUT2D eigenvalue weighted by Gasteiger charge is -2.34. The molecule has 1 amide bonds. The number of halogens is 1. The van der Waals surface area contributed by atoms with E-state index in [1.165, 1.54) is 0 Å². The molecule has 4 nitrogen and oxygen atoms in total. The van der Waals surface area contributed by atoms with Crippen LogP contribution in [0.4, 0.5) is 5.69 Å². The summed E-state index contributed by atoms with van der Waals surface area (Å²) < 4.78 is 12.1. The van der Waals surface area contributed by atoms with Gasteiger partial charge in [0.1, 0.15) is 11.9 Å². The van der Waals surface area contributed by atoms with Gasteiger partial charge in [0.2, 0.25) is 5.91 Å². The lowest BCUT2D eigenvalue weighted by molar-refractivity contribution is -0.122. The quantitative estimate of drug-likeness (QED) is 0.796. The molecule has 0 radical (unpaired) electrons. The van der Waals surface area contributed by atoms with E-state index in [-0.39, 0.29) is 17.9 Å². The molecular formula is C14H16BrNO3. The first-order valence-electron chi connectivity index (χ1n) is 6.50. The first kappa shape index (κ1) is 12.9. The SMILES string of the molecule is CC1CN(C(=O)C2CCOC2)c2cc(Br)ccc2O1. The Morgan fingerprint density at radius 1 is 1.47 bits per heavy atom. The van der Waals surface area contributed by atoms with Gasteiger partial charge in [0.05, 0.1) is 24.8 Å². The third-order valence-corrected chi connectivity index (χ3v) is 4.02. The topological polar surface area (TPSA) is 38.8 Å². The molecule has 0 N–H and O–H groups in total. The Hall–Kier alpha value is -1.07. The van der Waals surface area contributed by atoms with Gasteiger partial charge in [-0.3, -0.25) is 4.79 Å². The number of rotatable bonds is 1. The Bertz CT molecular complexity index is 499. The van der Waals surface area contributed by atoms with E-state index in [1.807, 2.05) is 30.0 Å². The lowest BCUT2D eigenvalue weighted by Crippen LogP contribution is -2.45. The minimum Gasteiger partial charge on any atom is -0.487 e. The van der Waals surface area contributed by atoms with E-state index in [1.54, 1.807) is 0 Å². The molecule has 1 aromatic rings. The first-order chi connectivity index (χ1) is 9.15. The molecule has 19 heavy (non-hydrogen) atoms. The van der Waals surface area contributed by atoms with E-state index in [4.69, 9.17) is 9.47 Å². The summed E-state index contributed by atoms with van der Waals surface area (Å²) in [5.41, 5.74) is 0.851. The Morgan fingerprint density at radius 3 is 3.05 bits per heavy atom. The molecule has 2 aliphatic rings. The van der Waals surface area contributed by atoms with Crippen molar-refractivity contribution in [3.8, 4) is 5.75 Å². The van der Waals surface area contributed by atoms with Crippen molar-refractivity contribution in [2.24, 2.45) is 5.92 Å². The van der Waals surface area contributed by atoms with Gasteiger partial charge in [0, 0.05) is 11.1 Å². The van der Waals surface area contributed by atoms with Gasteiger partial charge in [-0.05, 0) is 31.5 Å². The van der Waals surface area contributed by atoms with Gasteiger partial charge in [-0.1, -0.05) is 15.9 Å². The molecule has 2 heterocycles. The van der Waals surface area contributed by atoms with E-state index >= 15 is 0 Å². The second-order valence-corrected chi connectivity index (χ2v) is 5.97. The molecule has 0 aliphatic carbocycles. The van der Waals surface area contributed by atoms with Crippen molar-refractivity contribution in [3.63, 3.8) is 0 Å². The van der Waals surface area contributed by atoms with Gasteiger partial charge in [-0.2, -0.15) is 0 Å². The second-order valence-electron chi connectivity index (χ2n) is 5.05. The summed E-state index contributed by atoms with van der Waals surface area (Å²) in [5, 5.41) is 0. The third-order valence-electron chi connectivity index (χ3n) is 3.52. The highest BCUT2D eigenvalue weighted by atomic mass is 79.9. The first-order valence-corrected chi connectivity index (χ1v) is 7.30. The van der Waals surface area contributed by atoms with Crippen LogP contribution in [0.2, 0.25) is 0 Å². The molecular weight excluding hydrogens is 310 g/mol. The number of ether oxygens (including phenoxy) is 2. The van der Waals surface area contributed by atoms with Crippen LogP contribution < -0.4 is 9.64 Å². The van der Waals surface area contributed by atoms with E-state index in [0.29, 0.717) is 19.8 Å². The number of anilines is 1. The van der Waals surface area contributed by atoms with Crippen molar-refractivity contribution in [1.82, 2.24) is 0 Å². The maximum atomic E-state index is 12.6. The van der Waals surface area contributed by atoms with Crippen LogP contribution in [0.25, 0.3) is 0 Å². The van der Waals surface area contributed by atoms with Crippen LogP contribution in [0.5, 0.6) is 5.75 Å². The minimum atomic E-state index is -0.0165. The fraction of sp³-hybridized carbons (Fsp3) is 0.500. The van der Waals surface area contributed by atoms with Gasteiger partial charge in [-0.25, -0.2) is 0 Å². The molecule has 5 heteroatoms. The van der Waals surface area contributed by atoms with Crippen LogP contribution in [0.1, 0.15) is 13.3 Å². The summed E-state index contributed by atoms with van der Waals surface area (Å²) in [6, 6.07) is 5.77. The molecule has 0 spiro atoms. The number of carbonyl (C=O) groups is 1. The zero-order valence-electron chi connectivity index (χ0n) is 10.8.